The first-order valence-corrected chi connectivity index (χ1v) is 10.4. The molecular weight excluding hydrogens is 417 g/mol. The molecule has 1 aliphatic rings. The molecule has 6 nitrogen and oxygen atoms in total. The van der Waals surface area contributed by atoms with Gasteiger partial charge in [-0.1, -0.05) is 12.1 Å². The van der Waals surface area contributed by atoms with Crippen LogP contribution in [-0.2, 0) is 6.18 Å². The predicted octanol–water partition coefficient (Wildman–Crippen LogP) is 4.63. The lowest BCUT2D eigenvalue weighted by Crippen LogP contribution is -2.40. The molecular formula is C23H21F3N6. The van der Waals surface area contributed by atoms with Gasteiger partial charge in [0.15, 0.2) is 5.65 Å². The molecule has 1 fully saturated rings. The van der Waals surface area contributed by atoms with E-state index in [1.165, 1.54) is 12.1 Å². The van der Waals surface area contributed by atoms with Crippen LogP contribution in [0, 0.1) is 0 Å². The molecule has 0 bridgehead atoms. The summed E-state index contributed by atoms with van der Waals surface area (Å²) in [6.07, 6.45) is 1.10. The number of pyridine rings is 2. The minimum Gasteiger partial charge on any atom is -0.357 e. The van der Waals surface area contributed by atoms with Crippen LogP contribution in [0.3, 0.4) is 0 Å². The average molecular weight is 438 g/mol. The Bertz CT molecular complexity index is 1220. The topological polar surface area (TPSA) is 83.7 Å². The van der Waals surface area contributed by atoms with E-state index in [-0.39, 0.29) is 6.04 Å². The summed E-state index contributed by atoms with van der Waals surface area (Å²) in [6, 6.07) is 11.1. The molecule has 1 saturated heterocycles. The third-order valence-electron chi connectivity index (χ3n) is 5.77. The number of nitrogens with zero attached hydrogens (tertiary/aromatic N) is 4. The van der Waals surface area contributed by atoms with Gasteiger partial charge < -0.3 is 15.6 Å². The monoisotopic (exact) mass is 438 g/mol. The molecule has 0 atom stereocenters. The van der Waals surface area contributed by atoms with E-state index in [9.17, 15) is 13.2 Å². The molecule has 0 amide bonds. The van der Waals surface area contributed by atoms with Crippen molar-refractivity contribution in [2.24, 2.45) is 5.73 Å². The fourth-order valence-electron chi connectivity index (χ4n) is 3.88. The van der Waals surface area contributed by atoms with Gasteiger partial charge in [0.2, 0.25) is 0 Å². The Labute approximate surface area is 182 Å². The first-order chi connectivity index (χ1) is 15.4. The lowest BCUT2D eigenvalue weighted by atomic mass is 10.1. The number of H-pyrrole nitrogens is 1. The fraction of sp³-hybridized carbons (Fsp3) is 0.261. The molecule has 5 rings (SSSR count). The Hall–Kier alpha value is -3.46. The van der Waals surface area contributed by atoms with Crippen LogP contribution in [-0.4, -0.2) is 39.1 Å². The maximum absolute atomic E-state index is 12.8. The number of hydrogen-bond acceptors (Lipinski definition) is 5. The number of aromatic nitrogens is 4. The molecule has 3 aromatic heterocycles. The summed E-state index contributed by atoms with van der Waals surface area (Å²) in [5.74, 6) is 1.40. The van der Waals surface area contributed by atoms with Crippen LogP contribution in [0.1, 0.15) is 18.4 Å². The van der Waals surface area contributed by atoms with Crippen LogP contribution < -0.4 is 10.6 Å². The van der Waals surface area contributed by atoms with E-state index in [1.807, 2.05) is 24.4 Å². The molecule has 0 saturated carbocycles. The summed E-state index contributed by atoms with van der Waals surface area (Å²) in [5.41, 5.74) is 8.83. The lowest BCUT2D eigenvalue weighted by molar-refractivity contribution is -0.137. The minimum atomic E-state index is -4.37. The third-order valence-corrected chi connectivity index (χ3v) is 5.77. The summed E-state index contributed by atoms with van der Waals surface area (Å²) in [5, 5.41) is 0. The van der Waals surface area contributed by atoms with Crippen LogP contribution in [0.2, 0.25) is 0 Å². The summed E-state index contributed by atoms with van der Waals surface area (Å²) in [7, 11) is 0. The lowest BCUT2D eigenvalue weighted by Gasteiger charge is -2.31. The Kier molecular flexibility index (Phi) is 5.05. The fourth-order valence-corrected chi connectivity index (χ4v) is 3.88. The van der Waals surface area contributed by atoms with Gasteiger partial charge in [-0.25, -0.2) is 15.0 Å². The molecule has 3 N–H and O–H groups in total. The van der Waals surface area contributed by atoms with Crippen LogP contribution in [0.5, 0.6) is 0 Å². The van der Waals surface area contributed by atoms with E-state index in [4.69, 9.17) is 5.73 Å². The largest absolute Gasteiger partial charge is 0.416 e. The maximum atomic E-state index is 12.8. The van der Waals surface area contributed by atoms with Gasteiger partial charge in [-0.3, -0.25) is 0 Å². The van der Waals surface area contributed by atoms with E-state index in [0.29, 0.717) is 22.6 Å². The van der Waals surface area contributed by atoms with Crippen molar-refractivity contribution in [1.82, 2.24) is 19.9 Å². The summed E-state index contributed by atoms with van der Waals surface area (Å²) in [6.45, 7) is 1.81. The van der Waals surface area contributed by atoms with Crippen molar-refractivity contribution in [2.45, 2.75) is 25.1 Å². The Morgan fingerprint density at radius 3 is 2.25 bits per heavy atom. The highest BCUT2D eigenvalue weighted by atomic mass is 19.4. The zero-order valence-electron chi connectivity index (χ0n) is 17.1. The molecule has 164 valence electrons. The van der Waals surface area contributed by atoms with Crippen molar-refractivity contribution in [1.29, 1.82) is 0 Å². The second kappa shape index (κ2) is 7.90. The van der Waals surface area contributed by atoms with Gasteiger partial charge in [-0.2, -0.15) is 13.2 Å². The third kappa shape index (κ3) is 4.03. The van der Waals surface area contributed by atoms with Crippen molar-refractivity contribution in [2.75, 3.05) is 18.0 Å². The van der Waals surface area contributed by atoms with Crippen molar-refractivity contribution < 1.29 is 13.2 Å². The van der Waals surface area contributed by atoms with Crippen molar-refractivity contribution in [3.8, 4) is 22.5 Å². The van der Waals surface area contributed by atoms with Gasteiger partial charge in [-0.05, 0) is 43.2 Å². The standard InChI is InChI=1S/C23H21F3N6/c24-23(25,26)17-4-1-14(2-5-17)21-30-19-11-16(13-29-22(19)31-21)15-3-6-20(28-12-15)32-9-7-18(27)8-10-32/h1-6,11-13,18H,7-10,27H2,(H,29,30,31). The normalized spacial score (nSPS) is 15.4. The summed E-state index contributed by atoms with van der Waals surface area (Å²) < 4.78 is 38.4. The zero-order chi connectivity index (χ0) is 22.3. The number of alkyl halides is 3. The van der Waals surface area contributed by atoms with Crippen LogP contribution >= 0.6 is 0 Å². The van der Waals surface area contributed by atoms with Gasteiger partial charge in [0.25, 0.3) is 0 Å². The summed E-state index contributed by atoms with van der Waals surface area (Å²) in [4.78, 5) is 18.8. The average Bonchev–Trinajstić information content (AvgIpc) is 3.23. The van der Waals surface area contributed by atoms with Crippen molar-refractivity contribution in [3.05, 3.63) is 60.4 Å². The molecule has 4 aromatic rings. The predicted molar refractivity (Wildman–Crippen MR) is 117 cm³/mol. The summed E-state index contributed by atoms with van der Waals surface area (Å²) >= 11 is 0. The van der Waals surface area contributed by atoms with E-state index < -0.39 is 11.7 Å². The molecule has 0 radical (unpaired) electrons. The van der Waals surface area contributed by atoms with Crippen molar-refractivity contribution >= 4 is 17.0 Å². The molecule has 1 aromatic carbocycles. The number of nitrogens with two attached hydrogens (primary N) is 1. The number of rotatable bonds is 3. The number of anilines is 1. The number of imidazole rings is 1. The number of hydrogen-bond donors (Lipinski definition) is 2. The quantitative estimate of drug-likeness (QED) is 0.487. The Balaban J connectivity index is 1.38. The molecule has 0 aliphatic carbocycles. The van der Waals surface area contributed by atoms with E-state index in [0.717, 1.165) is 55.0 Å². The van der Waals surface area contributed by atoms with E-state index >= 15 is 0 Å². The molecule has 4 heterocycles. The first kappa shape index (κ1) is 20.4. The van der Waals surface area contributed by atoms with Gasteiger partial charge >= 0.3 is 6.18 Å². The number of nitrogens with one attached hydrogen (secondary N) is 1. The SMILES string of the molecule is NC1CCN(c2ccc(-c3cnc4nc(-c5ccc(C(F)(F)F)cc5)[nH]c4c3)cn2)CC1. The van der Waals surface area contributed by atoms with Gasteiger partial charge in [-0.15, -0.1) is 0 Å². The molecule has 1 aliphatic heterocycles. The first-order valence-electron chi connectivity index (χ1n) is 10.4. The zero-order valence-corrected chi connectivity index (χ0v) is 17.1. The Morgan fingerprint density at radius 1 is 0.906 bits per heavy atom. The molecule has 0 unspecified atom stereocenters. The number of fused-ring (bicyclic) bond motifs is 1. The van der Waals surface area contributed by atoms with Gasteiger partial charge in [0, 0.05) is 48.2 Å². The minimum absolute atomic E-state index is 0.269. The number of halogens is 3. The van der Waals surface area contributed by atoms with E-state index in [1.54, 1.807) is 6.20 Å². The van der Waals surface area contributed by atoms with E-state index in [2.05, 4.69) is 24.8 Å². The highest BCUT2D eigenvalue weighted by molar-refractivity contribution is 5.81. The second-order valence-electron chi connectivity index (χ2n) is 7.99. The van der Waals surface area contributed by atoms with Gasteiger partial charge in [0.1, 0.15) is 11.6 Å². The number of benzene rings is 1. The highest BCUT2D eigenvalue weighted by Gasteiger charge is 2.30. The van der Waals surface area contributed by atoms with Crippen LogP contribution in [0.25, 0.3) is 33.7 Å². The number of aromatic amines is 1. The molecule has 9 heteroatoms. The molecule has 0 spiro atoms. The van der Waals surface area contributed by atoms with Crippen molar-refractivity contribution in [3.63, 3.8) is 0 Å². The van der Waals surface area contributed by atoms with Gasteiger partial charge in [0.05, 0.1) is 11.1 Å². The van der Waals surface area contributed by atoms with Crippen LogP contribution in [0.4, 0.5) is 19.0 Å². The second-order valence-corrected chi connectivity index (χ2v) is 7.99. The Morgan fingerprint density at radius 2 is 1.59 bits per heavy atom. The van der Waals surface area contributed by atoms with Crippen LogP contribution in [0.15, 0.2) is 54.9 Å². The number of piperidine rings is 1. The smallest absolute Gasteiger partial charge is 0.357 e. The highest BCUT2D eigenvalue weighted by Crippen LogP contribution is 2.31. The maximum Gasteiger partial charge on any atom is 0.416 e. The molecule has 32 heavy (non-hydrogen) atoms.